The number of carbonyl (C=O) groups excluding carboxylic acids is 1. The molecule has 2 bridgehead atoms. The Morgan fingerprint density at radius 3 is 2.43 bits per heavy atom. The molecule has 1 aromatic carbocycles. The van der Waals surface area contributed by atoms with Crippen molar-refractivity contribution in [2.75, 3.05) is 20.2 Å². The largest absolute Gasteiger partial charge is 0.373 e. The highest BCUT2D eigenvalue weighted by Gasteiger charge is 2.53. The minimum Gasteiger partial charge on any atom is -0.373 e. The third-order valence-electron chi connectivity index (χ3n) is 6.02. The van der Waals surface area contributed by atoms with Crippen LogP contribution >= 0.6 is 0 Å². The quantitative estimate of drug-likeness (QED) is 0.790. The van der Waals surface area contributed by atoms with E-state index in [2.05, 4.69) is 30.9 Å². The highest BCUT2D eigenvalue weighted by Crippen LogP contribution is 2.51. The van der Waals surface area contributed by atoms with Crippen LogP contribution in [0.15, 0.2) is 24.3 Å². The third-order valence-corrected chi connectivity index (χ3v) is 6.02. The van der Waals surface area contributed by atoms with E-state index in [1.54, 1.807) is 6.92 Å². The Bertz CT molecular complexity index is 567. The van der Waals surface area contributed by atoms with Gasteiger partial charge in [0.25, 0.3) is 0 Å². The van der Waals surface area contributed by atoms with Gasteiger partial charge in [-0.1, -0.05) is 24.6 Å². The van der Waals surface area contributed by atoms with E-state index in [1.807, 2.05) is 19.2 Å². The summed E-state index contributed by atoms with van der Waals surface area (Å²) in [6, 6.07) is 8.73. The first-order valence-corrected chi connectivity index (χ1v) is 8.89. The zero-order valence-electron chi connectivity index (χ0n) is 14.8. The molecule has 0 amide bonds. The predicted molar refractivity (Wildman–Crippen MR) is 92.7 cm³/mol. The molecule has 1 saturated carbocycles. The maximum atomic E-state index is 11.8. The molecule has 1 aromatic rings. The average Bonchev–Trinajstić information content (AvgIpc) is 2.53. The molecule has 3 rings (SSSR count). The molecule has 0 N–H and O–H groups in total. The van der Waals surface area contributed by atoms with E-state index in [-0.39, 0.29) is 11.4 Å². The van der Waals surface area contributed by atoms with Crippen molar-refractivity contribution in [3.63, 3.8) is 0 Å². The summed E-state index contributed by atoms with van der Waals surface area (Å²) in [7, 11) is 1.86. The van der Waals surface area contributed by atoms with Gasteiger partial charge in [-0.15, -0.1) is 0 Å². The summed E-state index contributed by atoms with van der Waals surface area (Å²) in [6.07, 6.45) is 3.70. The van der Waals surface area contributed by atoms with Gasteiger partial charge < -0.3 is 9.64 Å². The van der Waals surface area contributed by atoms with Gasteiger partial charge in [-0.3, -0.25) is 4.79 Å². The fourth-order valence-electron chi connectivity index (χ4n) is 4.79. The van der Waals surface area contributed by atoms with Crippen LogP contribution in [-0.2, 0) is 10.3 Å². The molecule has 1 aliphatic heterocycles. The minimum atomic E-state index is -0.227. The van der Waals surface area contributed by atoms with E-state index in [1.165, 1.54) is 24.8 Å². The number of likely N-dealkylation sites (tertiary alicyclic amines) is 1. The van der Waals surface area contributed by atoms with Gasteiger partial charge in [-0.05, 0) is 45.2 Å². The lowest BCUT2D eigenvalue weighted by Crippen LogP contribution is -2.60. The lowest BCUT2D eigenvalue weighted by molar-refractivity contribution is -0.172. The van der Waals surface area contributed by atoms with E-state index in [0.29, 0.717) is 17.9 Å². The second-order valence-electron chi connectivity index (χ2n) is 7.51. The van der Waals surface area contributed by atoms with E-state index in [0.717, 1.165) is 18.7 Å². The summed E-state index contributed by atoms with van der Waals surface area (Å²) >= 11 is 0. The van der Waals surface area contributed by atoms with E-state index in [4.69, 9.17) is 4.74 Å². The Hall–Kier alpha value is -1.19. The molecule has 126 valence electrons. The van der Waals surface area contributed by atoms with Gasteiger partial charge in [-0.25, -0.2) is 0 Å². The van der Waals surface area contributed by atoms with E-state index >= 15 is 0 Å². The van der Waals surface area contributed by atoms with Gasteiger partial charge in [0.2, 0.25) is 0 Å². The normalized spacial score (nSPS) is 31.3. The van der Waals surface area contributed by atoms with Crippen molar-refractivity contribution >= 4 is 5.78 Å². The standard InChI is InChI=1S/C20H29NO2/c1-14(2)21-12-18-9-6-10-19(13-21)20(18,23-4)17-8-5-7-16(11-17)15(3)22/h5,7-8,11,14,18-19H,6,9-10,12-13H2,1-4H3. The smallest absolute Gasteiger partial charge is 0.159 e. The van der Waals surface area contributed by atoms with Crippen molar-refractivity contribution in [1.29, 1.82) is 0 Å². The van der Waals surface area contributed by atoms with Gasteiger partial charge in [-0.2, -0.15) is 0 Å². The number of benzene rings is 1. The highest BCUT2D eigenvalue weighted by atomic mass is 16.5. The molecule has 2 aliphatic rings. The topological polar surface area (TPSA) is 29.5 Å². The van der Waals surface area contributed by atoms with Crippen molar-refractivity contribution in [2.45, 2.75) is 51.7 Å². The lowest BCUT2D eigenvalue weighted by atomic mass is 9.62. The zero-order chi connectivity index (χ0) is 16.6. The Morgan fingerprint density at radius 2 is 1.91 bits per heavy atom. The first-order valence-electron chi connectivity index (χ1n) is 8.89. The summed E-state index contributed by atoms with van der Waals surface area (Å²) in [6.45, 7) is 8.39. The molecule has 1 heterocycles. The van der Waals surface area contributed by atoms with Crippen LogP contribution in [0, 0.1) is 11.8 Å². The van der Waals surface area contributed by atoms with Crippen molar-refractivity contribution in [2.24, 2.45) is 11.8 Å². The average molecular weight is 315 g/mol. The summed E-state index contributed by atoms with van der Waals surface area (Å²) in [5.41, 5.74) is 1.77. The highest BCUT2D eigenvalue weighted by molar-refractivity contribution is 5.94. The summed E-state index contributed by atoms with van der Waals surface area (Å²) in [4.78, 5) is 14.4. The van der Waals surface area contributed by atoms with E-state index < -0.39 is 0 Å². The van der Waals surface area contributed by atoms with Gasteiger partial charge in [0.15, 0.2) is 5.78 Å². The maximum Gasteiger partial charge on any atom is 0.159 e. The predicted octanol–water partition coefficient (Wildman–Crippen LogP) is 3.87. The van der Waals surface area contributed by atoms with Crippen LogP contribution < -0.4 is 0 Å². The molecule has 3 heteroatoms. The van der Waals surface area contributed by atoms with Crippen LogP contribution in [0.2, 0.25) is 0 Å². The summed E-state index contributed by atoms with van der Waals surface area (Å²) in [5, 5.41) is 0. The SMILES string of the molecule is COC1(c2cccc(C(C)=O)c2)C2CCCC1CN(C(C)C)C2. The van der Waals surface area contributed by atoms with Crippen molar-refractivity contribution < 1.29 is 9.53 Å². The molecule has 0 aromatic heterocycles. The minimum absolute atomic E-state index is 0.128. The maximum absolute atomic E-state index is 11.8. The fraction of sp³-hybridized carbons (Fsp3) is 0.650. The second kappa shape index (κ2) is 6.37. The Kier molecular flexibility index (Phi) is 4.61. The fourth-order valence-corrected chi connectivity index (χ4v) is 4.79. The summed E-state index contributed by atoms with van der Waals surface area (Å²) < 4.78 is 6.26. The van der Waals surface area contributed by atoms with Crippen molar-refractivity contribution in [1.82, 2.24) is 4.90 Å². The van der Waals surface area contributed by atoms with E-state index in [9.17, 15) is 4.79 Å². The van der Waals surface area contributed by atoms with Crippen molar-refractivity contribution in [3.8, 4) is 0 Å². The number of hydrogen-bond donors (Lipinski definition) is 0. The molecule has 1 saturated heterocycles. The first-order chi connectivity index (χ1) is 11.0. The van der Waals surface area contributed by atoms with Gasteiger partial charge in [0.1, 0.15) is 5.60 Å². The Labute approximate surface area is 140 Å². The molecule has 0 radical (unpaired) electrons. The molecular weight excluding hydrogens is 286 g/mol. The lowest BCUT2D eigenvalue weighted by Gasteiger charge is -2.56. The first kappa shape index (κ1) is 16.7. The number of carbonyl (C=O) groups is 1. The molecule has 0 spiro atoms. The molecule has 1 aliphatic carbocycles. The third kappa shape index (κ3) is 2.74. The van der Waals surface area contributed by atoms with Crippen LogP contribution in [0.4, 0.5) is 0 Å². The zero-order valence-corrected chi connectivity index (χ0v) is 14.8. The number of piperidine rings is 1. The molecule has 3 nitrogen and oxygen atoms in total. The second-order valence-corrected chi connectivity index (χ2v) is 7.51. The van der Waals surface area contributed by atoms with Crippen LogP contribution in [0.25, 0.3) is 0 Å². The number of hydrogen-bond acceptors (Lipinski definition) is 3. The summed E-state index contributed by atoms with van der Waals surface area (Å²) in [5.74, 6) is 1.14. The van der Waals surface area contributed by atoms with Gasteiger partial charge in [0.05, 0.1) is 0 Å². The number of rotatable bonds is 4. The number of methoxy groups -OCH3 is 1. The molecule has 2 atom stereocenters. The monoisotopic (exact) mass is 315 g/mol. The number of ether oxygens (including phenoxy) is 1. The van der Waals surface area contributed by atoms with Gasteiger partial charge in [0, 0.05) is 43.6 Å². The molecule has 23 heavy (non-hydrogen) atoms. The number of ketones is 1. The number of fused-ring (bicyclic) bond motifs is 2. The van der Waals surface area contributed by atoms with Crippen LogP contribution in [0.1, 0.15) is 56.0 Å². The Morgan fingerprint density at radius 1 is 1.26 bits per heavy atom. The molecule has 2 unspecified atom stereocenters. The Balaban J connectivity index is 2.03. The number of Topliss-reactive ketones (excluding diaryl/α,β-unsaturated/α-hetero) is 1. The van der Waals surface area contributed by atoms with Crippen LogP contribution in [0.5, 0.6) is 0 Å². The van der Waals surface area contributed by atoms with Crippen LogP contribution in [0.3, 0.4) is 0 Å². The molecule has 2 fully saturated rings. The molecular formula is C20H29NO2. The van der Waals surface area contributed by atoms with Crippen LogP contribution in [-0.4, -0.2) is 36.9 Å². The van der Waals surface area contributed by atoms with Gasteiger partial charge >= 0.3 is 0 Å². The van der Waals surface area contributed by atoms with Crippen molar-refractivity contribution in [3.05, 3.63) is 35.4 Å². The number of nitrogens with zero attached hydrogens (tertiary/aromatic N) is 1.